The Hall–Kier alpha value is -4.08. The number of amides is 3. The van der Waals surface area contributed by atoms with Crippen LogP contribution in [0.3, 0.4) is 0 Å². The van der Waals surface area contributed by atoms with Gasteiger partial charge in [0.25, 0.3) is 0 Å². The molecule has 0 aliphatic carbocycles. The molecule has 10 heteroatoms. The molecule has 0 aliphatic rings. The van der Waals surface area contributed by atoms with E-state index in [2.05, 4.69) is 16.0 Å². The summed E-state index contributed by atoms with van der Waals surface area (Å²) >= 11 is 0. The lowest BCUT2D eigenvalue weighted by Gasteiger charge is -2.29. The molecular formula is C31H43N3O7. The summed E-state index contributed by atoms with van der Waals surface area (Å²) in [4.78, 5) is 50.7. The van der Waals surface area contributed by atoms with Gasteiger partial charge in [0.2, 0.25) is 5.91 Å². The Balaban J connectivity index is 2.14. The van der Waals surface area contributed by atoms with Gasteiger partial charge >= 0.3 is 18.2 Å². The summed E-state index contributed by atoms with van der Waals surface area (Å²) in [5, 5.41) is 8.29. The third-order valence-electron chi connectivity index (χ3n) is 6.17. The zero-order chi connectivity index (χ0) is 30.4. The van der Waals surface area contributed by atoms with Gasteiger partial charge in [0, 0.05) is 12.0 Å². The van der Waals surface area contributed by atoms with Crippen molar-refractivity contribution in [3.05, 3.63) is 71.8 Å². The lowest BCUT2D eigenvalue weighted by Crippen LogP contribution is -2.52. The number of alkyl carbamates (subject to hydrolysis) is 2. The maximum absolute atomic E-state index is 13.6. The van der Waals surface area contributed by atoms with Crippen LogP contribution in [0.25, 0.3) is 0 Å². The van der Waals surface area contributed by atoms with Crippen molar-refractivity contribution < 1.29 is 33.4 Å². The summed E-state index contributed by atoms with van der Waals surface area (Å²) in [6.45, 7) is 8.91. The normalized spacial score (nSPS) is 13.3. The minimum absolute atomic E-state index is 0.177. The third-order valence-corrected chi connectivity index (χ3v) is 6.17. The van der Waals surface area contributed by atoms with Gasteiger partial charge in [-0.05, 0) is 65.0 Å². The van der Waals surface area contributed by atoms with Crippen molar-refractivity contribution in [3.63, 3.8) is 0 Å². The van der Waals surface area contributed by atoms with Crippen LogP contribution in [-0.2, 0) is 23.8 Å². The van der Waals surface area contributed by atoms with Crippen molar-refractivity contribution in [1.29, 1.82) is 0 Å². The molecule has 0 radical (unpaired) electrons. The van der Waals surface area contributed by atoms with Crippen LogP contribution in [0.1, 0.15) is 70.9 Å². The molecule has 0 unspecified atom stereocenters. The highest BCUT2D eigenvalue weighted by Gasteiger charge is 2.33. The van der Waals surface area contributed by atoms with Gasteiger partial charge in [0.15, 0.2) is 0 Å². The predicted octanol–water partition coefficient (Wildman–Crippen LogP) is 4.67. The van der Waals surface area contributed by atoms with Gasteiger partial charge < -0.3 is 30.2 Å². The number of hydrogen-bond acceptors (Lipinski definition) is 7. The molecule has 2 aromatic carbocycles. The fraction of sp³-hybridized carbons (Fsp3) is 0.484. The van der Waals surface area contributed by atoms with Crippen LogP contribution in [0, 0.1) is 0 Å². The number of benzene rings is 2. The van der Waals surface area contributed by atoms with Crippen molar-refractivity contribution in [1.82, 2.24) is 16.0 Å². The predicted molar refractivity (Wildman–Crippen MR) is 155 cm³/mol. The van der Waals surface area contributed by atoms with Gasteiger partial charge in [-0.2, -0.15) is 0 Å². The van der Waals surface area contributed by atoms with Crippen molar-refractivity contribution in [2.75, 3.05) is 13.7 Å². The van der Waals surface area contributed by atoms with Crippen LogP contribution < -0.4 is 16.0 Å². The highest BCUT2D eigenvalue weighted by atomic mass is 16.6. The molecule has 10 nitrogen and oxygen atoms in total. The molecule has 3 amide bonds. The van der Waals surface area contributed by atoms with Crippen LogP contribution in [0.2, 0.25) is 0 Å². The van der Waals surface area contributed by atoms with E-state index in [0.29, 0.717) is 19.3 Å². The Bertz CT molecular complexity index is 1080. The molecule has 0 bridgehead atoms. The molecular weight excluding hydrogens is 526 g/mol. The second-order valence-electron chi connectivity index (χ2n) is 10.7. The molecule has 0 saturated carbocycles. The van der Waals surface area contributed by atoms with Gasteiger partial charge in [-0.15, -0.1) is 0 Å². The monoisotopic (exact) mass is 569 g/mol. The van der Waals surface area contributed by atoms with E-state index in [-0.39, 0.29) is 18.6 Å². The molecule has 0 aliphatic heterocycles. The summed E-state index contributed by atoms with van der Waals surface area (Å²) in [5.74, 6) is -1.41. The second-order valence-corrected chi connectivity index (χ2v) is 10.7. The Morgan fingerprint density at radius 2 is 1.37 bits per heavy atom. The maximum Gasteiger partial charge on any atom is 0.408 e. The van der Waals surface area contributed by atoms with E-state index < -0.39 is 41.8 Å². The fourth-order valence-corrected chi connectivity index (χ4v) is 4.36. The van der Waals surface area contributed by atoms with Crippen LogP contribution in [-0.4, -0.2) is 61.5 Å². The van der Waals surface area contributed by atoms with Gasteiger partial charge in [0.05, 0.1) is 13.7 Å². The first-order valence-electron chi connectivity index (χ1n) is 13.9. The van der Waals surface area contributed by atoms with Crippen molar-refractivity contribution in [3.8, 4) is 0 Å². The van der Waals surface area contributed by atoms with E-state index in [9.17, 15) is 19.2 Å². The number of nitrogens with one attached hydrogen (secondary N) is 3. The van der Waals surface area contributed by atoms with E-state index >= 15 is 0 Å². The molecule has 3 atom stereocenters. The zero-order valence-corrected chi connectivity index (χ0v) is 24.8. The van der Waals surface area contributed by atoms with E-state index in [1.54, 1.807) is 27.7 Å². The summed E-state index contributed by atoms with van der Waals surface area (Å²) < 4.78 is 15.2. The largest absolute Gasteiger partial charge is 0.464 e. The standard InChI is InChI=1S/C31H43N3O7/c1-7-40-28(36)24(33-30(38)41-31(3,4)5)20-14-15-21(2)32-27(35)26(34-29(37)39-6)25(22-16-10-8-11-17-22)23-18-12-9-13-19-23/h8-13,16-19,21,24-26H,7,14-15,20H2,1-6H3,(H,32,35)(H,33,38)(H,34,37)/t21-,24-,26-/m0/s1. The molecule has 3 N–H and O–H groups in total. The summed E-state index contributed by atoms with van der Waals surface area (Å²) in [6.07, 6.45) is -0.138. The Morgan fingerprint density at radius 3 is 1.85 bits per heavy atom. The summed E-state index contributed by atoms with van der Waals surface area (Å²) in [5.41, 5.74) is 0.996. The molecule has 0 spiro atoms. The molecule has 224 valence electrons. The minimum Gasteiger partial charge on any atom is -0.464 e. The number of rotatable bonds is 13. The average Bonchev–Trinajstić information content (AvgIpc) is 2.92. The number of hydrogen-bond donors (Lipinski definition) is 3. The van der Waals surface area contributed by atoms with Gasteiger partial charge in [-0.25, -0.2) is 14.4 Å². The molecule has 0 aromatic heterocycles. The second kappa shape index (κ2) is 16.2. The van der Waals surface area contributed by atoms with Crippen molar-refractivity contribution in [2.45, 2.75) is 83.5 Å². The maximum atomic E-state index is 13.6. The lowest BCUT2D eigenvalue weighted by molar-refractivity contribution is -0.145. The van der Waals surface area contributed by atoms with Crippen molar-refractivity contribution in [2.24, 2.45) is 0 Å². The van der Waals surface area contributed by atoms with Gasteiger partial charge in [-0.1, -0.05) is 60.7 Å². The number of ether oxygens (including phenoxy) is 3. The first-order chi connectivity index (χ1) is 19.4. The van der Waals surface area contributed by atoms with Crippen LogP contribution in [0.15, 0.2) is 60.7 Å². The lowest BCUT2D eigenvalue weighted by atomic mass is 9.84. The quantitative estimate of drug-likeness (QED) is 0.236. The fourth-order valence-electron chi connectivity index (χ4n) is 4.36. The molecule has 41 heavy (non-hydrogen) atoms. The molecule has 0 saturated heterocycles. The van der Waals surface area contributed by atoms with E-state index in [1.165, 1.54) is 7.11 Å². The Kier molecular flexibility index (Phi) is 13.1. The minimum atomic E-state index is -0.962. The van der Waals surface area contributed by atoms with Crippen LogP contribution >= 0.6 is 0 Å². The molecule has 0 fully saturated rings. The first kappa shape index (κ1) is 33.1. The first-order valence-corrected chi connectivity index (χ1v) is 13.9. The summed E-state index contributed by atoms with van der Waals surface area (Å²) in [6, 6.07) is 16.8. The Labute approximate surface area is 242 Å². The average molecular weight is 570 g/mol. The van der Waals surface area contributed by atoms with E-state index in [4.69, 9.17) is 14.2 Å². The molecule has 2 aromatic rings. The highest BCUT2D eigenvalue weighted by Crippen LogP contribution is 2.28. The number of carbonyl (C=O) groups is 4. The SMILES string of the molecule is CCOC(=O)[C@H](CCC[C@H](C)NC(=O)[C@@H](NC(=O)OC)C(c1ccccc1)c1ccccc1)NC(=O)OC(C)(C)C. The third kappa shape index (κ3) is 11.5. The van der Waals surface area contributed by atoms with Gasteiger partial charge in [0.1, 0.15) is 17.7 Å². The molecule has 0 heterocycles. The van der Waals surface area contributed by atoms with E-state index in [1.807, 2.05) is 67.6 Å². The molecule has 2 rings (SSSR count). The highest BCUT2D eigenvalue weighted by molar-refractivity contribution is 5.87. The topological polar surface area (TPSA) is 132 Å². The van der Waals surface area contributed by atoms with E-state index in [0.717, 1.165) is 11.1 Å². The zero-order valence-electron chi connectivity index (χ0n) is 24.8. The van der Waals surface area contributed by atoms with Crippen LogP contribution in [0.4, 0.5) is 9.59 Å². The summed E-state index contributed by atoms with van der Waals surface area (Å²) in [7, 11) is 1.25. The smallest absolute Gasteiger partial charge is 0.408 e. The number of esters is 1. The number of carbonyl (C=O) groups excluding carboxylic acids is 4. The van der Waals surface area contributed by atoms with Crippen molar-refractivity contribution >= 4 is 24.1 Å². The number of methoxy groups -OCH3 is 1. The Morgan fingerprint density at radius 1 is 0.805 bits per heavy atom. The van der Waals surface area contributed by atoms with Gasteiger partial charge in [-0.3, -0.25) is 4.79 Å². The van der Waals surface area contributed by atoms with Crippen LogP contribution in [0.5, 0.6) is 0 Å².